The molecule has 2 amide bonds. The Morgan fingerprint density at radius 3 is 2.41 bits per heavy atom. The van der Waals surface area contributed by atoms with Gasteiger partial charge in [-0.25, -0.2) is 0 Å². The Labute approximate surface area is 130 Å². The number of methoxy groups -OCH3 is 1. The zero-order chi connectivity index (χ0) is 15.5. The lowest BCUT2D eigenvalue weighted by Gasteiger charge is -2.37. The van der Waals surface area contributed by atoms with Crippen molar-refractivity contribution in [2.75, 3.05) is 38.2 Å². The quantitative estimate of drug-likeness (QED) is 0.889. The SMILES string of the molecule is COc1ccc(N2CCN(C(=O)[C@@H]3CCC(=O)N3)CC2)cc1. The van der Waals surface area contributed by atoms with Crippen molar-refractivity contribution >= 4 is 17.5 Å². The minimum absolute atomic E-state index is 0.0183. The molecule has 0 unspecified atom stereocenters. The third-order valence-corrected chi connectivity index (χ3v) is 4.32. The highest BCUT2D eigenvalue weighted by atomic mass is 16.5. The van der Waals surface area contributed by atoms with E-state index in [1.54, 1.807) is 7.11 Å². The van der Waals surface area contributed by atoms with E-state index in [-0.39, 0.29) is 17.9 Å². The van der Waals surface area contributed by atoms with Crippen molar-refractivity contribution in [3.8, 4) is 5.75 Å². The lowest BCUT2D eigenvalue weighted by atomic mass is 10.1. The number of anilines is 1. The second-order valence-electron chi connectivity index (χ2n) is 5.67. The van der Waals surface area contributed by atoms with Crippen molar-refractivity contribution in [3.63, 3.8) is 0 Å². The molecule has 1 aromatic carbocycles. The average Bonchev–Trinajstić information content (AvgIpc) is 3.01. The van der Waals surface area contributed by atoms with Gasteiger partial charge in [0.05, 0.1) is 7.11 Å². The van der Waals surface area contributed by atoms with Gasteiger partial charge in [-0.3, -0.25) is 9.59 Å². The molecule has 118 valence electrons. The number of rotatable bonds is 3. The van der Waals surface area contributed by atoms with Crippen molar-refractivity contribution < 1.29 is 14.3 Å². The summed E-state index contributed by atoms with van der Waals surface area (Å²) in [6.07, 6.45) is 1.08. The smallest absolute Gasteiger partial charge is 0.245 e. The topological polar surface area (TPSA) is 61.9 Å². The average molecular weight is 303 g/mol. The van der Waals surface area contributed by atoms with Gasteiger partial charge < -0.3 is 19.9 Å². The lowest BCUT2D eigenvalue weighted by Crippen LogP contribution is -2.53. The summed E-state index contributed by atoms with van der Waals surface area (Å²) in [7, 11) is 1.65. The summed E-state index contributed by atoms with van der Waals surface area (Å²) in [5, 5.41) is 2.75. The van der Waals surface area contributed by atoms with Crippen LogP contribution in [0, 0.1) is 0 Å². The fraction of sp³-hybridized carbons (Fsp3) is 0.500. The number of nitrogens with one attached hydrogen (secondary N) is 1. The highest BCUT2D eigenvalue weighted by Gasteiger charge is 2.32. The molecule has 0 aromatic heterocycles. The molecule has 2 saturated heterocycles. The van der Waals surface area contributed by atoms with Gasteiger partial charge in [-0.05, 0) is 30.7 Å². The van der Waals surface area contributed by atoms with E-state index in [0.29, 0.717) is 25.9 Å². The molecular weight excluding hydrogens is 282 g/mol. The van der Waals surface area contributed by atoms with Crippen molar-refractivity contribution in [2.24, 2.45) is 0 Å². The van der Waals surface area contributed by atoms with Crippen LogP contribution in [0.5, 0.6) is 5.75 Å². The Hall–Kier alpha value is -2.24. The number of carbonyl (C=O) groups excluding carboxylic acids is 2. The van der Waals surface area contributed by atoms with Crippen molar-refractivity contribution in [1.82, 2.24) is 10.2 Å². The molecule has 0 spiro atoms. The van der Waals surface area contributed by atoms with Crippen LogP contribution in [0.4, 0.5) is 5.69 Å². The molecule has 0 bridgehead atoms. The molecule has 2 aliphatic rings. The van der Waals surface area contributed by atoms with E-state index in [2.05, 4.69) is 10.2 Å². The van der Waals surface area contributed by atoms with E-state index < -0.39 is 0 Å². The van der Waals surface area contributed by atoms with Crippen LogP contribution in [0.15, 0.2) is 24.3 Å². The third-order valence-electron chi connectivity index (χ3n) is 4.32. The molecule has 22 heavy (non-hydrogen) atoms. The minimum atomic E-state index is -0.319. The molecule has 3 rings (SSSR count). The summed E-state index contributed by atoms with van der Waals surface area (Å²) in [6, 6.07) is 7.64. The van der Waals surface area contributed by atoms with Gasteiger partial charge in [0.1, 0.15) is 11.8 Å². The van der Waals surface area contributed by atoms with Crippen molar-refractivity contribution in [3.05, 3.63) is 24.3 Å². The number of piperazine rings is 1. The summed E-state index contributed by atoms with van der Waals surface area (Å²) in [4.78, 5) is 27.7. The first-order chi connectivity index (χ1) is 10.7. The third kappa shape index (κ3) is 3.00. The summed E-state index contributed by atoms with van der Waals surface area (Å²) >= 11 is 0. The first kappa shape index (κ1) is 14.7. The van der Waals surface area contributed by atoms with E-state index in [0.717, 1.165) is 24.5 Å². The highest BCUT2D eigenvalue weighted by molar-refractivity contribution is 5.90. The predicted molar refractivity (Wildman–Crippen MR) is 83.0 cm³/mol. The van der Waals surface area contributed by atoms with E-state index in [9.17, 15) is 9.59 Å². The number of carbonyl (C=O) groups is 2. The maximum atomic E-state index is 12.3. The van der Waals surface area contributed by atoms with Crippen LogP contribution < -0.4 is 15.0 Å². The first-order valence-corrected chi connectivity index (χ1v) is 7.64. The molecule has 6 nitrogen and oxygen atoms in total. The molecule has 1 N–H and O–H groups in total. The molecule has 6 heteroatoms. The molecule has 0 radical (unpaired) electrons. The van der Waals surface area contributed by atoms with Crippen molar-refractivity contribution in [2.45, 2.75) is 18.9 Å². The van der Waals surface area contributed by atoms with Gasteiger partial charge in [-0.15, -0.1) is 0 Å². The number of ether oxygens (including phenoxy) is 1. The van der Waals surface area contributed by atoms with Gasteiger partial charge >= 0.3 is 0 Å². The fourth-order valence-corrected chi connectivity index (χ4v) is 3.00. The normalized spacial score (nSPS) is 21.7. The van der Waals surface area contributed by atoms with Gasteiger partial charge in [-0.2, -0.15) is 0 Å². The monoisotopic (exact) mass is 303 g/mol. The Kier molecular flexibility index (Phi) is 4.18. The minimum Gasteiger partial charge on any atom is -0.497 e. The van der Waals surface area contributed by atoms with Gasteiger partial charge in [0.15, 0.2) is 0 Å². The summed E-state index contributed by atoms with van der Waals surface area (Å²) < 4.78 is 5.16. The van der Waals surface area contributed by atoms with Crippen LogP contribution >= 0.6 is 0 Å². The predicted octanol–water partition coefficient (Wildman–Crippen LogP) is 0.622. The summed E-state index contributed by atoms with van der Waals surface area (Å²) in [6.45, 7) is 2.99. The number of nitrogens with zero attached hydrogens (tertiary/aromatic N) is 2. The molecule has 2 aliphatic heterocycles. The zero-order valence-corrected chi connectivity index (χ0v) is 12.7. The van der Waals surface area contributed by atoms with Gasteiger partial charge in [0.25, 0.3) is 0 Å². The highest BCUT2D eigenvalue weighted by Crippen LogP contribution is 2.21. The standard InChI is InChI=1S/C16H21N3O3/c1-22-13-4-2-12(3-5-13)18-8-10-19(11-9-18)16(21)14-6-7-15(20)17-14/h2-5,14H,6-11H2,1H3,(H,17,20)/t14-/m0/s1. The van der Waals surface area contributed by atoms with E-state index in [1.807, 2.05) is 29.2 Å². The second kappa shape index (κ2) is 6.25. The van der Waals surface area contributed by atoms with Crippen LogP contribution in [0.25, 0.3) is 0 Å². The summed E-state index contributed by atoms with van der Waals surface area (Å²) in [5.41, 5.74) is 1.14. The van der Waals surface area contributed by atoms with Crippen LogP contribution in [0.1, 0.15) is 12.8 Å². The molecule has 0 saturated carbocycles. The van der Waals surface area contributed by atoms with Gasteiger partial charge in [-0.1, -0.05) is 0 Å². The second-order valence-corrected chi connectivity index (χ2v) is 5.67. The maximum Gasteiger partial charge on any atom is 0.245 e. The molecule has 1 aromatic rings. The lowest BCUT2D eigenvalue weighted by molar-refractivity contribution is -0.134. The molecule has 1 atom stereocenters. The van der Waals surface area contributed by atoms with Crippen molar-refractivity contribution in [1.29, 1.82) is 0 Å². The molecule has 0 aliphatic carbocycles. The zero-order valence-electron chi connectivity index (χ0n) is 12.7. The Morgan fingerprint density at radius 2 is 1.86 bits per heavy atom. The number of amides is 2. The van der Waals surface area contributed by atoms with Crippen LogP contribution in [0.2, 0.25) is 0 Å². The molecule has 2 fully saturated rings. The maximum absolute atomic E-state index is 12.3. The van der Waals surface area contributed by atoms with Gasteiger partial charge in [0, 0.05) is 38.3 Å². The van der Waals surface area contributed by atoms with Crippen LogP contribution in [-0.4, -0.2) is 56.0 Å². The fourth-order valence-electron chi connectivity index (χ4n) is 3.00. The Morgan fingerprint density at radius 1 is 1.18 bits per heavy atom. The number of hydrogen-bond acceptors (Lipinski definition) is 4. The molecular formula is C16H21N3O3. The van der Waals surface area contributed by atoms with E-state index in [1.165, 1.54) is 0 Å². The largest absolute Gasteiger partial charge is 0.497 e. The summed E-state index contributed by atoms with van der Waals surface area (Å²) in [5.74, 6) is 0.880. The Balaban J connectivity index is 1.55. The van der Waals surface area contributed by atoms with E-state index >= 15 is 0 Å². The Bertz CT molecular complexity index is 550. The number of benzene rings is 1. The van der Waals surface area contributed by atoms with Crippen LogP contribution in [0.3, 0.4) is 0 Å². The first-order valence-electron chi connectivity index (χ1n) is 7.64. The van der Waals surface area contributed by atoms with E-state index in [4.69, 9.17) is 4.74 Å². The molecule has 2 heterocycles. The van der Waals surface area contributed by atoms with Crippen LogP contribution in [-0.2, 0) is 9.59 Å². The number of hydrogen-bond donors (Lipinski definition) is 1. The van der Waals surface area contributed by atoms with Gasteiger partial charge in [0.2, 0.25) is 11.8 Å².